The van der Waals surface area contributed by atoms with E-state index < -0.39 is 0 Å². The SMILES string of the molecule is C=CCC(C)Nc1cc(Cl)nc(CCC)n1. The van der Waals surface area contributed by atoms with Crippen molar-refractivity contribution >= 4 is 17.4 Å². The van der Waals surface area contributed by atoms with Crippen LogP contribution in [-0.2, 0) is 6.42 Å². The number of halogens is 1. The zero-order valence-electron chi connectivity index (χ0n) is 9.83. The molecule has 1 atom stereocenters. The summed E-state index contributed by atoms with van der Waals surface area (Å²) in [7, 11) is 0. The van der Waals surface area contributed by atoms with Crippen LogP contribution in [0.5, 0.6) is 0 Å². The van der Waals surface area contributed by atoms with E-state index in [0.29, 0.717) is 11.2 Å². The van der Waals surface area contributed by atoms with Crippen molar-refractivity contribution in [1.29, 1.82) is 0 Å². The Hall–Kier alpha value is -1.09. The molecule has 0 aliphatic carbocycles. The summed E-state index contributed by atoms with van der Waals surface area (Å²) in [5, 5.41) is 3.77. The van der Waals surface area contributed by atoms with Gasteiger partial charge in [0.05, 0.1) is 0 Å². The molecular formula is C12H18ClN3. The third-order valence-electron chi connectivity index (χ3n) is 2.13. The van der Waals surface area contributed by atoms with Gasteiger partial charge in [0, 0.05) is 18.5 Å². The summed E-state index contributed by atoms with van der Waals surface area (Å²) in [5.74, 6) is 1.58. The molecule has 0 amide bonds. The maximum absolute atomic E-state index is 5.93. The highest BCUT2D eigenvalue weighted by Gasteiger charge is 2.05. The van der Waals surface area contributed by atoms with Gasteiger partial charge in [-0.1, -0.05) is 24.6 Å². The molecule has 1 unspecified atom stereocenters. The van der Waals surface area contributed by atoms with Crippen LogP contribution in [0.1, 0.15) is 32.5 Å². The Bertz CT molecular complexity index is 352. The number of aromatic nitrogens is 2. The lowest BCUT2D eigenvalue weighted by Crippen LogP contribution is -2.15. The Kier molecular flexibility index (Phi) is 5.26. The normalized spacial score (nSPS) is 12.2. The zero-order chi connectivity index (χ0) is 12.0. The average molecular weight is 240 g/mol. The van der Waals surface area contributed by atoms with Gasteiger partial charge in [0.15, 0.2) is 0 Å². The Balaban J connectivity index is 2.75. The summed E-state index contributed by atoms with van der Waals surface area (Å²) in [6, 6.07) is 2.05. The number of hydrogen-bond acceptors (Lipinski definition) is 3. The second kappa shape index (κ2) is 6.48. The van der Waals surface area contributed by atoms with E-state index in [4.69, 9.17) is 11.6 Å². The van der Waals surface area contributed by atoms with E-state index in [9.17, 15) is 0 Å². The molecule has 3 nitrogen and oxygen atoms in total. The van der Waals surface area contributed by atoms with Crippen molar-refractivity contribution in [3.8, 4) is 0 Å². The third-order valence-corrected chi connectivity index (χ3v) is 2.32. The topological polar surface area (TPSA) is 37.8 Å². The summed E-state index contributed by atoms with van der Waals surface area (Å²) in [5.41, 5.74) is 0. The molecule has 0 aliphatic rings. The van der Waals surface area contributed by atoms with Gasteiger partial charge in [-0.2, -0.15) is 0 Å². The maximum atomic E-state index is 5.93. The van der Waals surface area contributed by atoms with Crippen LogP contribution >= 0.6 is 11.6 Å². The Morgan fingerprint density at radius 1 is 1.56 bits per heavy atom. The zero-order valence-corrected chi connectivity index (χ0v) is 10.6. The quantitative estimate of drug-likeness (QED) is 0.610. The first-order valence-corrected chi connectivity index (χ1v) is 5.94. The second-order valence-corrected chi connectivity index (χ2v) is 4.20. The number of nitrogens with zero attached hydrogens (tertiary/aromatic N) is 2. The highest BCUT2D eigenvalue weighted by atomic mass is 35.5. The van der Waals surface area contributed by atoms with Crippen LogP contribution in [-0.4, -0.2) is 16.0 Å². The fourth-order valence-electron chi connectivity index (χ4n) is 1.44. The van der Waals surface area contributed by atoms with E-state index in [2.05, 4.69) is 35.7 Å². The molecule has 16 heavy (non-hydrogen) atoms. The number of nitrogens with one attached hydrogen (secondary N) is 1. The molecule has 1 heterocycles. The molecule has 0 spiro atoms. The highest BCUT2D eigenvalue weighted by Crippen LogP contribution is 2.14. The van der Waals surface area contributed by atoms with Crippen LogP contribution in [0.25, 0.3) is 0 Å². The predicted molar refractivity (Wildman–Crippen MR) is 68.9 cm³/mol. The third kappa shape index (κ3) is 4.19. The first-order chi connectivity index (χ1) is 7.65. The Morgan fingerprint density at radius 3 is 2.94 bits per heavy atom. The van der Waals surface area contributed by atoms with E-state index in [1.807, 2.05) is 6.08 Å². The molecule has 1 aromatic rings. The van der Waals surface area contributed by atoms with Gasteiger partial charge in [0.2, 0.25) is 0 Å². The minimum absolute atomic E-state index is 0.304. The summed E-state index contributed by atoms with van der Waals surface area (Å²) in [6.45, 7) is 7.88. The van der Waals surface area contributed by atoms with Gasteiger partial charge in [0.1, 0.15) is 16.8 Å². The van der Waals surface area contributed by atoms with Crippen LogP contribution in [0, 0.1) is 0 Å². The average Bonchev–Trinajstić information content (AvgIpc) is 2.17. The van der Waals surface area contributed by atoms with Crippen LogP contribution in [0.4, 0.5) is 5.82 Å². The smallest absolute Gasteiger partial charge is 0.134 e. The van der Waals surface area contributed by atoms with Gasteiger partial charge >= 0.3 is 0 Å². The van der Waals surface area contributed by atoms with Gasteiger partial charge in [0.25, 0.3) is 0 Å². The van der Waals surface area contributed by atoms with Crippen molar-refractivity contribution in [2.45, 2.75) is 39.2 Å². The molecule has 0 bridgehead atoms. The molecule has 4 heteroatoms. The number of aryl methyl sites for hydroxylation is 1. The number of anilines is 1. The van der Waals surface area contributed by atoms with Gasteiger partial charge in [-0.3, -0.25) is 0 Å². The van der Waals surface area contributed by atoms with Gasteiger partial charge in [-0.05, 0) is 19.8 Å². The lowest BCUT2D eigenvalue weighted by atomic mass is 10.2. The van der Waals surface area contributed by atoms with E-state index in [1.165, 1.54) is 0 Å². The van der Waals surface area contributed by atoms with E-state index in [1.54, 1.807) is 6.07 Å². The lowest BCUT2D eigenvalue weighted by molar-refractivity contribution is 0.791. The monoisotopic (exact) mass is 239 g/mol. The molecule has 0 aliphatic heterocycles. The first-order valence-electron chi connectivity index (χ1n) is 5.56. The fraction of sp³-hybridized carbons (Fsp3) is 0.500. The molecule has 0 saturated heterocycles. The molecule has 88 valence electrons. The van der Waals surface area contributed by atoms with Crippen molar-refractivity contribution in [2.75, 3.05) is 5.32 Å². The minimum atomic E-state index is 0.304. The van der Waals surface area contributed by atoms with E-state index in [0.717, 1.165) is 30.9 Å². The summed E-state index contributed by atoms with van der Waals surface area (Å²) in [6.07, 6.45) is 4.64. The number of hydrogen-bond donors (Lipinski definition) is 1. The maximum Gasteiger partial charge on any atom is 0.134 e. The molecule has 1 rings (SSSR count). The Labute approximate surface area is 102 Å². The summed E-state index contributed by atoms with van der Waals surface area (Å²) >= 11 is 5.93. The van der Waals surface area contributed by atoms with Crippen molar-refractivity contribution in [1.82, 2.24) is 9.97 Å². The van der Waals surface area contributed by atoms with Gasteiger partial charge in [-0.25, -0.2) is 9.97 Å². The van der Waals surface area contributed by atoms with E-state index >= 15 is 0 Å². The largest absolute Gasteiger partial charge is 0.367 e. The van der Waals surface area contributed by atoms with E-state index in [-0.39, 0.29) is 0 Å². The Morgan fingerprint density at radius 2 is 2.31 bits per heavy atom. The fourth-order valence-corrected chi connectivity index (χ4v) is 1.64. The van der Waals surface area contributed by atoms with Gasteiger partial charge < -0.3 is 5.32 Å². The van der Waals surface area contributed by atoms with Crippen molar-refractivity contribution < 1.29 is 0 Å². The standard InChI is InChI=1S/C12H18ClN3/c1-4-6-9(3)14-12-8-10(13)15-11(16-12)7-5-2/h4,8-9H,1,5-7H2,2-3H3,(H,14,15,16). The molecule has 1 N–H and O–H groups in total. The summed E-state index contributed by atoms with van der Waals surface area (Å²) in [4.78, 5) is 8.58. The molecule has 1 aromatic heterocycles. The lowest BCUT2D eigenvalue weighted by Gasteiger charge is -2.13. The molecule has 0 aromatic carbocycles. The van der Waals surface area contributed by atoms with Crippen molar-refractivity contribution in [3.63, 3.8) is 0 Å². The predicted octanol–water partition coefficient (Wildman–Crippen LogP) is 3.46. The summed E-state index contributed by atoms with van der Waals surface area (Å²) < 4.78 is 0. The first kappa shape index (κ1) is 13.0. The van der Waals surface area contributed by atoms with Crippen molar-refractivity contribution in [3.05, 3.63) is 29.7 Å². The minimum Gasteiger partial charge on any atom is -0.367 e. The van der Waals surface area contributed by atoms with Crippen LogP contribution < -0.4 is 5.32 Å². The second-order valence-electron chi connectivity index (χ2n) is 3.81. The molecule has 0 radical (unpaired) electrons. The van der Waals surface area contributed by atoms with Crippen molar-refractivity contribution in [2.24, 2.45) is 0 Å². The molecule has 0 saturated carbocycles. The van der Waals surface area contributed by atoms with Crippen LogP contribution in [0.2, 0.25) is 5.15 Å². The van der Waals surface area contributed by atoms with Gasteiger partial charge in [-0.15, -0.1) is 6.58 Å². The van der Waals surface area contributed by atoms with Crippen LogP contribution in [0.3, 0.4) is 0 Å². The molecule has 0 fully saturated rings. The highest BCUT2D eigenvalue weighted by molar-refractivity contribution is 6.29. The van der Waals surface area contributed by atoms with Crippen LogP contribution in [0.15, 0.2) is 18.7 Å². The molecular weight excluding hydrogens is 222 g/mol. The number of rotatable bonds is 6.